The first kappa shape index (κ1) is 18.0. The van der Waals surface area contributed by atoms with E-state index in [-0.39, 0.29) is 11.9 Å². The second-order valence-electron chi connectivity index (χ2n) is 7.00. The Morgan fingerprint density at radius 1 is 1.16 bits per heavy atom. The minimum absolute atomic E-state index is 0.0407. The molecule has 0 spiro atoms. The molecule has 1 fully saturated rings. The van der Waals surface area contributed by atoms with Gasteiger partial charge < -0.3 is 4.90 Å². The second kappa shape index (κ2) is 7.59. The molecule has 2 aromatic carbocycles. The molecule has 1 saturated carbocycles. The Kier molecular flexibility index (Phi) is 5.45. The minimum Gasteiger partial charge on any atom is -0.345 e. The summed E-state index contributed by atoms with van der Waals surface area (Å²) >= 11 is 6.42. The molecule has 132 valence electrons. The summed E-state index contributed by atoms with van der Waals surface area (Å²) in [6, 6.07) is 16.9. The largest absolute Gasteiger partial charge is 0.345 e. The highest BCUT2D eigenvalue weighted by Crippen LogP contribution is 2.37. The smallest absolute Gasteiger partial charge is 0.253 e. The van der Waals surface area contributed by atoms with Crippen molar-refractivity contribution in [3.05, 3.63) is 70.2 Å². The van der Waals surface area contributed by atoms with Crippen molar-refractivity contribution in [1.29, 1.82) is 0 Å². The van der Waals surface area contributed by atoms with Crippen LogP contribution in [0.3, 0.4) is 0 Å². The first-order valence-corrected chi connectivity index (χ1v) is 9.16. The van der Waals surface area contributed by atoms with Crippen molar-refractivity contribution in [3.63, 3.8) is 0 Å². The van der Waals surface area contributed by atoms with Crippen molar-refractivity contribution in [1.82, 2.24) is 9.80 Å². The Balaban J connectivity index is 1.82. The van der Waals surface area contributed by atoms with Gasteiger partial charge in [0.25, 0.3) is 5.91 Å². The predicted octanol–water partition coefficient (Wildman–Crippen LogP) is 4.77. The third-order valence-electron chi connectivity index (χ3n) is 4.81. The van der Waals surface area contributed by atoms with E-state index in [4.69, 9.17) is 11.6 Å². The monoisotopic (exact) mass is 356 g/mol. The standard InChI is InChI=1S/C21H25ClN2O/c1-15(19-9-4-5-10-20(19)22)24(18-11-12-18)14-16-7-6-8-17(13-16)21(25)23(2)3/h4-10,13,15,18H,11-12,14H2,1-3H3. The van der Waals surface area contributed by atoms with Gasteiger partial charge in [0.2, 0.25) is 0 Å². The molecule has 1 unspecified atom stereocenters. The van der Waals surface area contributed by atoms with Crippen LogP contribution in [0.5, 0.6) is 0 Å². The summed E-state index contributed by atoms with van der Waals surface area (Å²) < 4.78 is 0. The first-order chi connectivity index (χ1) is 12.0. The zero-order chi connectivity index (χ0) is 18.0. The molecule has 1 amide bonds. The van der Waals surface area contributed by atoms with Crippen molar-refractivity contribution in [2.24, 2.45) is 0 Å². The van der Waals surface area contributed by atoms with Gasteiger partial charge in [-0.15, -0.1) is 0 Å². The number of halogens is 1. The summed E-state index contributed by atoms with van der Waals surface area (Å²) in [4.78, 5) is 16.3. The normalized spacial score (nSPS) is 15.2. The fourth-order valence-electron chi connectivity index (χ4n) is 3.25. The van der Waals surface area contributed by atoms with Gasteiger partial charge in [-0.25, -0.2) is 0 Å². The van der Waals surface area contributed by atoms with Gasteiger partial charge in [0.05, 0.1) is 0 Å². The Morgan fingerprint density at radius 3 is 2.52 bits per heavy atom. The quantitative estimate of drug-likeness (QED) is 0.744. The molecule has 0 saturated heterocycles. The fraction of sp³-hybridized carbons (Fsp3) is 0.381. The van der Waals surface area contributed by atoms with Gasteiger partial charge in [0, 0.05) is 43.3 Å². The van der Waals surface area contributed by atoms with Crippen LogP contribution in [0.2, 0.25) is 5.02 Å². The zero-order valence-electron chi connectivity index (χ0n) is 15.1. The second-order valence-corrected chi connectivity index (χ2v) is 7.41. The topological polar surface area (TPSA) is 23.6 Å². The van der Waals surface area contributed by atoms with Crippen molar-refractivity contribution in [3.8, 4) is 0 Å². The van der Waals surface area contributed by atoms with Crippen LogP contribution in [0, 0.1) is 0 Å². The first-order valence-electron chi connectivity index (χ1n) is 8.78. The summed E-state index contributed by atoms with van der Waals surface area (Å²) in [5, 5.41) is 0.817. The molecule has 1 aliphatic carbocycles. The van der Waals surface area contributed by atoms with E-state index in [0.717, 1.165) is 22.7 Å². The Bertz CT molecular complexity index is 755. The number of amides is 1. The number of carbonyl (C=O) groups is 1. The van der Waals surface area contributed by atoms with Crippen molar-refractivity contribution >= 4 is 17.5 Å². The molecule has 3 nitrogen and oxygen atoms in total. The molecule has 3 rings (SSSR count). The molecule has 0 N–H and O–H groups in total. The maximum absolute atomic E-state index is 12.2. The Morgan fingerprint density at radius 2 is 1.88 bits per heavy atom. The van der Waals surface area contributed by atoms with Crippen molar-refractivity contribution in [2.75, 3.05) is 14.1 Å². The van der Waals surface area contributed by atoms with E-state index in [0.29, 0.717) is 6.04 Å². The number of hydrogen-bond acceptors (Lipinski definition) is 2. The fourth-order valence-corrected chi connectivity index (χ4v) is 3.55. The average Bonchev–Trinajstić information content (AvgIpc) is 3.44. The van der Waals surface area contributed by atoms with Gasteiger partial charge in [-0.05, 0) is 49.1 Å². The third-order valence-corrected chi connectivity index (χ3v) is 5.16. The van der Waals surface area contributed by atoms with E-state index in [1.54, 1.807) is 19.0 Å². The SMILES string of the molecule is CC(c1ccccc1Cl)N(Cc1cccc(C(=O)N(C)C)c1)C1CC1. The molecular weight excluding hydrogens is 332 g/mol. The van der Waals surface area contributed by atoms with E-state index in [9.17, 15) is 4.79 Å². The summed E-state index contributed by atoms with van der Waals surface area (Å²) in [5.74, 6) is 0.0407. The summed E-state index contributed by atoms with van der Waals surface area (Å²) in [6.07, 6.45) is 2.45. The highest BCUT2D eigenvalue weighted by Gasteiger charge is 2.33. The molecule has 0 heterocycles. The number of nitrogens with zero attached hydrogens (tertiary/aromatic N) is 2. The van der Waals surface area contributed by atoms with Crippen molar-refractivity contribution in [2.45, 2.75) is 38.4 Å². The van der Waals surface area contributed by atoms with Crippen LogP contribution >= 0.6 is 11.6 Å². The zero-order valence-corrected chi connectivity index (χ0v) is 15.8. The van der Waals surface area contributed by atoms with E-state index < -0.39 is 0 Å². The van der Waals surface area contributed by atoms with E-state index in [1.165, 1.54) is 18.4 Å². The lowest BCUT2D eigenvalue weighted by molar-refractivity contribution is 0.0827. The van der Waals surface area contributed by atoms with Gasteiger partial charge in [-0.1, -0.05) is 41.9 Å². The molecule has 0 bridgehead atoms. The van der Waals surface area contributed by atoms with Crippen LogP contribution in [-0.2, 0) is 6.54 Å². The lowest BCUT2D eigenvalue weighted by Crippen LogP contribution is -2.29. The Labute approximate surface area is 155 Å². The number of benzene rings is 2. The van der Waals surface area contributed by atoms with Gasteiger partial charge >= 0.3 is 0 Å². The maximum Gasteiger partial charge on any atom is 0.253 e. The number of carbonyl (C=O) groups excluding carboxylic acids is 1. The molecule has 4 heteroatoms. The van der Waals surface area contributed by atoms with Crippen LogP contribution < -0.4 is 0 Å². The van der Waals surface area contributed by atoms with Gasteiger partial charge in [0.15, 0.2) is 0 Å². The summed E-state index contributed by atoms with van der Waals surface area (Å²) in [6.45, 7) is 3.04. The third kappa shape index (κ3) is 4.23. The molecule has 25 heavy (non-hydrogen) atoms. The van der Waals surface area contributed by atoms with Crippen LogP contribution in [0.1, 0.15) is 47.3 Å². The number of rotatable bonds is 6. The van der Waals surface area contributed by atoms with E-state index in [2.05, 4.69) is 24.0 Å². The average molecular weight is 357 g/mol. The van der Waals surface area contributed by atoms with Crippen LogP contribution in [0.4, 0.5) is 0 Å². The maximum atomic E-state index is 12.2. The Hall–Kier alpha value is -1.84. The van der Waals surface area contributed by atoms with Crippen LogP contribution in [0.15, 0.2) is 48.5 Å². The molecule has 0 aliphatic heterocycles. The molecule has 1 aliphatic rings. The lowest BCUT2D eigenvalue weighted by Gasteiger charge is -2.30. The summed E-state index contributed by atoms with van der Waals surface area (Å²) in [5.41, 5.74) is 3.07. The van der Waals surface area contributed by atoms with Crippen LogP contribution in [-0.4, -0.2) is 35.8 Å². The molecule has 2 aromatic rings. The van der Waals surface area contributed by atoms with Gasteiger partial charge in [0.1, 0.15) is 0 Å². The molecule has 0 radical (unpaired) electrons. The molecular formula is C21H25ClN2O. The van der Waals surface area contributed by atoms with Gasteiger partial charge in [-0.2, -0.15) is 0 Å². The van der Waals surface area contributed by atoms with Crippen molar-refractivity contribution < 1.29 is 4.79 Å². The number of hydrogen-bond donors (Lipinski definition) is 0. The molecule has 1 atom stereocenters. The highest BCUT2D eigenvalue weighted by molar-refractivity contribution is 6.31. The highest BCUT2D eigenvalue weighted by atomic mass is 35.5. The summed E-state index contributed by atoms with van der Waals surface area (Å²) in [7, 11) is 3.57. The minimum atomic E-state index is 0.0407. The van der Waals surface area contributed by atoms with Crippen LogP contribution in [0.25, 0.3) is 0 Å². The van der Waals surface area contributed by atoms with E-state index >= 15 is 0 Å². The van der Waals surface area contributed by atoms with E-state index in [1.807, 2.05) is 36.4 Å². The molecule has 0 aromatic heterocycles. The predicted molar refractivity (Wildman–Crippen MR) is 103 cm³/mol. The van der Waals surface area contributed by atoms with Gasteiger partial charge in [-0.3, -0.25) is 9.69 Å². The lowest BCUT2D eigenvalue weighted by atomic mass is 10.0.